The van der Waals surface area contributed by atoms with Crippen LogP contribution in [0.4, 0.5) is 0 Å². The van der Waals surface area contributed by atoms with E-state index in [9.17, 15) is 14.9 Å². The molecule has 0 unspecified atom stereocenters. The molecule has 0 aliphatic carbocycles. The number of nitrogens with zero attached hydrogens (tertiary/aromatic N) is 2. The lowest BCUT2D eigenvalue weighted by molar-refractivity contribution is -0.137. The van der Waals surface area contributed by atoms with E-state index in [1.54, 1.807) is 6.07 Å². The number of hydrogen-bond acceptors (Lipinski definition) is 4. The van der Waals surface area contributed by atoms with Crippen LogP contribution in [0.2, 0.25) is 0 Å². The molecule has 0 aliphatic rings. The second-order valence-corrected chi connectivity index (χ2v) is 6.97. The van der Waals surface area contributed by atoms with Crippen molar-refractivity contribution in [2.75, 3.05) is 6.61 Å². The minimum absolute atomic E-state index is 0.120. The molecule has 0 amide bonds. The normalized spacial score (nSPS) is 11.2. The molecule has 0 N–H and O–H groups in total. The second-order valence-electron chi connectivity index (χ2n) is 6.97. The molecular formula is C23H26N2O3. The summed E-state index contributed by atoms with van der Waals surface area (Å²) in [6.07, 6.45) is 2.52. The quantitative estimate of drug-likeness (QED) is 0.308. The van der Waals surface area contributed by atoms with Crippen LogP contribution in [0.3, 0.4) is 0 Å². The highest BCUT2D eigenvalue weighted by molar-refractivity contribution is 6.02. The number of nitriles is 1. The molecule has 5 nitrogen and oxygen atoms in total. The third-order valence-corrected chi connectivity index (χ3v) is 4.73. The van der Waals surface area contributed by atoms with Crippen LogP contribution in [0.5, 0.6) is 0 Å². The lowest BCUT2D eigenvalue weighted by atomic mass is 10.0. The summed E-state index contributed by atoms with van der Waals surface area (Å²) in [7, 11) is 0. The number of ether oxygens (including phenoxy) is 1. The van der Waals surface area contributed by atoms with Gasteiger partial charge < -0.3 is 9.30 Å². The summed E-state index contributed by atoms with van der Waals surface area (Å²) >= 11 is 0. The lowest BCUT2D eigenvalue weighted by Gasteiger charge is -2.08. The Kier molecular flexibility index (Phi) is 6.94. The molecule has 5 heteroatoms. The molecule has 0 atom stereocenters. The van der Waals surface area contributed by atoms with Gasteiger partial charge in [-0.2, -0.15) is 5.26 Å². The molecule has 0 radical (unpaired) electrons. The number of esters is 1. The summed E-state index contributed by atoms with van der Waals surface area (Å²) in [4.78, 5) is 24.7. The molecule has 1 aromatic carbocycles. The Balaban J connectivity index is 2.15. The number of carbonyl (C=O) groups is 2. The molecule has 2 rings (SSSR count). The Morgan fingerprint density at radius 3 is 2.54 bits per heavy atom. The van der Waals surface area contributed by atoms with E-state index in [0.717, 1.165) is 41.0 Å². The number of ketones is 1. The summed E-state index contributed by atoms with van der Waals surface area (Å²) in [5, 5.41) is 9.38. The number of benzene rings is 1. The molecule has 0 bridgehead atoms. The summed E-state index contributed by atoms with van der Waals surface area (Å²) in [6.45, 7) is 10.3. The average molecular weight is 378 g/mol. The Morgan fingerprint density at radius 2 is 1.89 bits per heavy atom. The largest absolute Gasteiger partial charge is 0.453 e. The van der Waals surface area contributed by atoms with Crippen molar-refractivity contribution in [1.82, 2.24) is 4.57 Å². The van der Waals surface area contributed by atoms with Gasteiger partial charge >= 0.3 is 5.97 Å². The van der Waals surface area contributed by atoms with Crippen LogP contribution in [0, 0.1) is 39.0 Å². The number of Topliss-reactive ketones (excluding diaryl/α,β-unsaturated/α-hetero) is 1. The average Bonchev–Trinajstić information content (AvgIpc) is 2.93. The molecule has 1 aromatic heterocycles. The van der Waals surface area contributed by atoms with Gasteiger partial charge in [0.1, 0.15) is 11.6 Å². The van der Waals surface area contributed by atoms with E-state index in [-0.39, 0.29) is 11.4 Å². The predicted molar refractivity (Wildman–Crippen MR) is 109 cm³/mol. The van der Waals surface area contributed by atoms with Crippen LogP contribution in [0.1, 0.15) is 51.8 Å². The smallest absolute Gasteiger partial charge is 0.349 e. The van der Waals surface area contributed by atoms with Crippen LogP contribution in [0.15, 0.2) is 29.8 Å². The Bertz CT molecular complexity index is 974. The van der Waals surface area contributed by atoms with Crippen LogP contribution in [-0.4, -0.2) is 22.9 Å². The molecule has 0 aliphatic heterocycles. The van der Waals surface area contributed by atoms with Gasteiger partial charge in [0.15, 0.2) is 6.61 Å². The Hall–Kier alpha value is -3.13. The molecule has 0 saturated carbocycles. The van der Waals surface area contributed by atoms with Crippen molar-refractivity contribution in [3.05, 3.63) is 63.5 Å². The van der Waals surface area contributed by atoms with E-state index in [4.69, 9.17) is 4.74 Å². The van der Waals surface area contributed by atoms with Crippen molar-refractivity contribution in [1.29, 1.82) is 5.26 Å². The molecule has 1 heterocycles. The van der Waals surface area contributed by atoms with Gasteiger partial charge in [-0.1, -0.05) is 24.6 Å². The first-order valence-electron chi connectivity index (χ1n) is 9.34. The van der Waals surface area contributed by atoms with Crippen molar-refractivity contribution >= 4 is 17.8 Å². The first-order chi connectivity index (χ1) is 13.3. The second kappa shape index (κ2) is 9.18. The molecule has 146 valence electrons. The van der Waals surface area contributed by atoms with Gasteiger partial charge in [-0.05, 0) is 63.5 Å². The molecule has 0 saturated heterocycles. The van der Waals surface area contributed by atoms with Gasteiger partial charge in [-0.3, -0.25) is 4.79 Å². The maximum absolute atomic E-state index is 12.4. The minimum Gasteiger partial charge on any atom is -0.453 e. The van der Waals surface area contributed by atoms with E-state index in [1.807, 2.05) is 52.0 Å². The summed E-state index contributed by atoms with van der Waals surface area (Å²) in [5.41, 5.74) is 5.06. The zero-order chi connectivity index (χ0) is 20.8. The summed E-state index contributed by atoms with van der Waals surface area (Å²) in [6, 6.07) is 9.38. The fourth-order valence-electron chi connectivity index (χ4n) is 3.16. The Morgan fingerprint density at radius 1 is 1.18 bits per heavy atom. The van der Waals surface area contributed by atoms with E-state index in [2.05, 4.69) is 11.5 Å². The zero-order valence-corrected chi connectivity index (χ0v) is 17.1. The highest BCUT2D eigenvalue weighted by Gasteiger charge is 2.17. The number of aromatic nitrogens is 1. The molecule has 0 fully saturated rings. The first kappa shape index (κ1) is 21.2. The van der Waals surface area contributed by atoms with Crippen molar-refractivity contribution < 1.29 is 14.3 Å². The monoisotopic (exact) mass is 378 g/mol. The first-order valence-corrected chi connectivity index (χ1v) is 9.34. The van der Waals surface area contributed by atoms with Crippen molar-refractivity contribution in [3.63, 3.8) is 0 Å². The maximum Gasteiger partial charge on any atom is 0.349 e. The fourth-order valence-corrected chi connectivity index (χ4v) is 3.16. The highest BCUT2D eigenvalue weighted by atomic mass is 16.5. The maximum atomic E-state index is 12.4. The fraction of sp³-hybridized carbons (Fsp3) is 0.348. The van der Waals surface area contributed by atoms with Crippen LogP contribution < -0.4 is 0 Å². The Labute approximate surface area is 166 Å². The molecular weight excluding hydrogens is 352 g/mol. The minimum atomic E-state index is -0.790. The predicted octanol–water partition coefficient (Wildman–Crippen LogP) is 4.46. The van der Waals surface area contributed by atoms with Crippen LogP contribution in [0.25, 0.3) is 6.08 Å². The van der Waals surface area contributed by atoms with Crippen molar-refractivity contribution in [2.45, 2.75) is 47.6 Å². The zero-order valence-electron chi connectivity index (χ0n) is 17.1. The van der Waals surface area contributed by atoms with Crippen LogP contribution >= 0.6 is 0 Å². The summed E-state index contributed by atoms with van der Waals surface area (Å²) in [5.74, 6) is -1.07. The number of carbonyl (C=O) groups excluding carboxylic acids is 2. The third-order valence-electron chi connectivity index (χ3n) is 4.73. The van der Waals surface area contributed by atoms with Gasteiger partial charge in [0.25, 0.3) is 0 Å². The van der Waals surface area contributed by atoms with Crippen LogP contribution in [-0.2, 0) is 16.1 Å². The van der Waals surface area contributed by atoms with Gasteiger partial charge in [0.05, 0.1) is 0 Å². The summed E-state index contributed by atoms with van der Waals surface area (Å²) < 4.78 is 7.27. The SMILES string of the molecule is CCCn1c(C)cc(C=C(C#N)C(=O)OCC(=O)c2cc(C)ccc2C)c1C. The van der Waals surface area contributed by atoms with Crippen molar-refractivity contribution in [2.24, 2.45) is 0 Å². The number of aryl methyl sites for hydroxylation is 3. The van der Waals surface area contributed by atoms with E-state index >= 15 is 0 Å². The highest BCUT2D eigenvalue weighted by Crippen LogP contribution is 2.19. The number of rotatable bonds is 7. The van der Waals surface area contributed by atoms with E-state index < -0.39 is 12.6 Å². The van der Waals surface area contributed by atoms with Gasteiger partial charge in [0.2, 0.25) is 5.78 Å². The third kappa shape index (κ3) is 4.77. The van der Waals surface area contributed by atoms with Gasteiger partial charge in [-0.25, -0.2) is 4.79 Å². The molecule has 0 spiro atoms. The topological polar surface area (TPSA) is 72.1 Å². The molecule has 2 aromatic rings. The van der Waals surface area contributed by atoms with E-state index in [0.29, 0.717) is 5.56 Å². The van der Waals surface area contributed by atoms with E-state index in [1.165, 1.54) is 6.08 Å². The van der Waals surface area contributed by atoms with Crippen molar-refractivity contribution in [3.8, 4) is 6.07 Å². The van der Waals surface area contributed by atoms with Gasteiger partial charge in [-0.15, -0.1) is 0 Å². The lowest BCUT2D eigenvalue weighted by Crippen LogP contribution is -2.16. The number of hydrogen-bond donors (Lipinski definition) is 0. The van der Waals surface area contributed by atoms with Gasteiger partial charge in [0, 0.05) is 23.5 Å². The molecule has 28 heavy (non-hydrogen) atoms. The standard InChI is InChI=1S/C23H26N2O3/c1-6-9-25-17(4)11-19(18(25)5)12-20(13-24)23(27)28-14-22(26)21-10-15(2)7-8-16(21)3/h7-8,10-12H,6,9,14H2,1-5H3.